The Morgan fingerprint density at radius 3 is 1.77 bits per heavy atom. The zero-order valence-corrected chi connectivity index (χ0v) is 19.9. The predicted octanol–water partition coefficient (Wildman–Crippen LogP) is 5.75. The van der Waals surface area contributed by atoms with E-state index in [-0.39, 0.29) is 4.90 Å². The van der Waals surface area contributed by atoms with Crippen molar-refractivity contribution in [3.8, 4) is 0 Å². The third kappa shape index (κ3) is 6.61. The summed E-state index contributed by atoms with van der Waals surface area (Å²) >= 11 is 0. The molecule has 0 unspecified atom stereocenters. The smallest absolute Gasteiger partial charge is 0.424 e. The Balaban J connectivity index is 2.59. The third-order valence-electron chi connectivity index (χ3n) is 4.04. The first-order valence-corrected chi connectivity index (χ1v) is 10.2. The fourth-order valence-electron chi connectivity index (χ4n) is 2.68. The molecule has 0 saturated heterocycles. The molecule has 190 valence electrons. The van der Waals surface area contributed by atoms with Crippen molar-refractivity contribution in [1.29, 1.82) is 0 Å². The van der Waals surface area contributed by atoms with E-state index in [1.54, 1.807) is 0 Å². The summed E-state index contributed by atoms with van der Waals surface area (Å²) in [6.07, 6.45) is -2.94. The van der Waals surface area contributed by atoms with Gasteiger partial charge in [-0.1, -0.05) is 0 Å². The van der Waals surface area contributed by atoms with Gasteiger partial charge in [0.15, 0.2) is 17.5 Å². The number of nitrogens with two attached hydrogens (primary N) is 1. The highest BCUT2D eigenvalue weighted by Gasteiger charge is 2.37. The lowest BCUT2D eigenvalue weighted by Gasteiger charge is -2.29. The molecule has 0 aliphatic carbocycles. The molecule has 0 atom stereocenters. The Morgan fingerprint density at radius 1 is 0.800 bits per heavy atom. The summed E-state index contributed by atoms with van der Waals surface area (Å²) in [5, 5.41) is 1.89. The normalized spacial score (nSPS) is 11.6. The van der Waals surface area contributed by atoms with Crippen molar-refractivity contribution in [2.24, 2.45) is 0 Å². The largest absolute Gasteiger partial charge is 0.443 e. The van der Waals surface area contributed by atoms with Gasteiger partial charge in [-0.15, -0.1) is 0 Å². The molecule has 12 heteroatoms. The summed E-state index contributed by atoms with van der Waals surface area (Å²) in [5.41, 5.74) is -0.690. The van der Waals surface area contributed by atoms with Crippen LogP contribution in [0.3, 0.4) is 0 Å². The van der Waals surface area contributed by atoms with Gasteiger partial charge >= 0.3 is 12.2 Å². The van der Waals surface area contributed by atoms with Gasteiger partial charge in [-0.3, -0.25) is 4.79 Å². The maximum atomic E-state index is 15.4. The second kappa shape index (κ2) is 9.80. The molecule has 0 fully saturated rings. The summed E-state index contributed by atoms with van der Waals surface area (Å²) < 4.78 is 68.6. The molecule has 3 amide bonds. The first kappa shape index (κ1) is 27.4. The van der Waals surface area contributed by atoms with E-state index in [1.165, 1.54) is 41.5 Å². The maximum absolute atomic E-state index is 15.4. The number of ether oxygens (including phenoxy) is 2. The summed E-state index contributed by atoms with van der Waals surface area (Å²) in [5.74, 6) is -7.14. The molecule has 2 aromatic carbocycles. The molecule has 2 rings (SSSR count). The van der Waals surface area contributed by atoms with Gasteiger partial charge in [-0.25, -0.2) is 27.2 Å². The number of nitrogen functional groups attached to an aromatic ring is 1. The van der Waals surface area contributed by atoms with Crippen molar-refractivity contribution >= 4 is 35.2 Å². The standard InChI is InChI=1S/C23H25F4N3O5/c1-22(2,3)34-20(32)30(21(33)35-23(4,5)6)18-12(25)8-10-14(17(18)27)29-19(31)15-11(24)7-9-13(28)16(15)26/h7-10H,28H2,1-6H3,(H,29,31). The number of amides is 3. The van der Waals surface area contributed by atoms with E-state index in [0.29, 0.717) is 6.07 Å². The first-order valence-electron chi connectivity index (χ1n) is 10.2. The molecule has 3 N–H and O–H groups in total. The maximum Gasteiger partial charge on any atom is 0.424 e. The number of rotatable bonds is 3. The minimum absolute atomic E-state index is 0.0154. The van der Waals surface area contributed by atoms with Crippen LogP contribution in [0.25, 0.3) is 0 Å². The van der Waals surface area contributed by atoms with E-state index in [0.717, 1.165) is 18.2 Å². The van der Waals surface area contributed by atoms with E-state index >= 15 is 4.39 Å². The zero-order valence-electron chi connectivity index (χ0n) is 19.9. The van der Waals surface area contributed by atoms with Crippen LogP contribution in [-0.2, 0) is 9.47 Å². The van der Waals surface area contributed by atoms with Crippen LogP contribution in [-0.4, -0.2) is 29.3 Å². The van der Waals surface area contributed by atoms with E-state index < -0.39 is 75.2 Å². The van der Waals surface area contributed by atoms with E-state index in [9.17, 15) is 27.6 Å². The summed E-state index contributed by atoms with van der Waals surface area (Å²) in [6.45, 7) is 8.73. The second-order valence-corrected chi connectivity index (χ2v) is 9.33. The molecular formula is C23H25F4N3O5. The molecule has 35 heavy (non-hydrogen) atoms. The molecule has 2 aromatic rings. The number of nitrogens with zero attached hydrogens (tertiary/aromatic N) is 1. The van der Waals surface area contributed by atoms with Gasteiger partial charge < -0.3 is 20.5 Å². The quantitative estimate of drug-likeness (QED) is 0.411. The number of nitrogens with one attached hydrogen (secondary N) is 1. The predicted molar refractivity (Wildman–Crippen MR) is 120 cm³/mol. The van der Waals surface area contributed by atoms with Crippen LogP contribution in [0.2, 0.25) is 0 Å². The van der Waals surface area contributed by atoms with Crippen molar-refractivity contribution in [2.75, 3.05) is 16.0 Å². The SMILES string of the molecule is CC(C)(C)OC(=O)N(C(=O)OC(C)(C)C)c1c(F)ccc(NC(=O)c2c(F)ccc(N)c2F)c1F. The molecule has 8 nitrogen and oxygen atoms in total. The average Bonchev–Trinajstić information content (AvgIpc) is 2.67. The molecule has 0 aromatic heterocycles. The summed E-state index contributed by atoms with van der Waals surface area (Å²) in [7, 11) is 0. The highest BCUT2D eigenvalue weighted by molar-refractivity contribution is 6.11. The van der Waals surface area contributed by atoms with Gasteiger partial charge in [0.25, 0.3) is 5.91 Å². The van der Waals surface area contributed by atoms with Crippen molar-refractivity contribution in [3.05, 3.63) is 53.1 Å². The highest BCUT2D eigenvalue weighted by Crippen LogP contribution is 2.32. The Labute approximate surface area is 199 Å². The number of halogens is 4. The second-order valence-electron chi connectivity index (χ2n) is 9.33. The number of anilines is 3. The van der Waals surface area contributed by atoms with Crippen molar-refractivity contribution in [2.45, 2.75) is 52.7 Å². The number of imide groups is 1. The monoisotopic (exact) mass is 499 g/mol. The van der Waals surface area contributed by atoms with Gasteiger partial charge in [0.2, 0.25) is 0 Å². The van der Waals surface area contributed by atoms with Crippen molar-refractivity contribution in [3.63, 3.8) is 0 Å². The van der Waals surface area contributed by atoms with Crippen LogP contribution in [0.4, 0.5) is 44.2 Å². The zero-order chi connectivity index (χ0) is 26.9. The molecular weight excluding hydrogens is 474 g/mol. The third-order valence-corrected chi connectivity index (χ3v) is 4.04. The molecule has 0 saturated carbocycles. The fourth-order valence-corrected chi connectivity index (χ4v) is 2.68. The highest BCUT2D eigenvalue weighted by atomic mass is 19.1. The van der Waals surface area contributed by atoms with Gasteiger partial charge in [0, 0.05) is 0 Å². The van der Waals surface area contributed by atoms with Gasteiger partial charge in [-0.05, 0) is 65.8 Å². The minimum Gasteiger partial charge on any atom is -0.443 e. The number of benzene rings is 2. The summed E-state index contributed by atoms with van der Waals surface area (Å²) in [6, 6.07) is 2.97. The fraction of sp³-hybridized carbons (Fsp3) is 0.348. The van der Waals surface area contributed by atoms with Crippen LogP contribution in [0.5, 0.6) is 0 Å². The lowest BCUT2D eigenvalue weighted by molar-refractivity contribution is 0.0426. The first-order chi connectivity index (χ1) is 15.9. The van der Waals surface area contributed by atoms with Crippen LogP contribution < -0.4 is 16.0 Å². The van der Waals surface area contributed by atoms with Crippen LogP contribution >= 0.6 is 0 Å². The van der Waals surface area contributed by atoms with Crippen LogP contribution in [0.1, 0.15) is 51.9 Å². The van der Waals surface area contributed by atoms with Crippen molar-refractivity contribution < 1.29 is 41.4 Å². The number of hydrogen-bond donors (Lipinski definition) is 2. The molecule has 0 aliphatic heterocycles. The van der Waals surface area contributed by atoms with E-state index in [4.69, 9.17) is 15.2 Å². The molecule has 0 aliphatic rings. The Bertz CT molecular complexity index is 1150. The molecule has 0 heterocycles. The van der Waals surface area contributed by atoms with E-state index in [1.807, 2.05) is 5.32 Å². The van der Waals surface area contributed by atoms with Crippen molar-refractivity contribution in [1.82, 2.24) is 0 Å². The minimum atomic E-state index is -1.61. The Kier molecular flexibility index (Phi) is 7.68. The number of carbonyl (C=O) groups is 3. The molecule has 0 bridgehead atoms. The van der Waals surface area contributed by atoms with Gasteiger partial charge in [0.05, 0.1) is 11.4 Å². The Morgan fingerprint density at radius 2 is 1.29 bits per heavy atom. The number of carbonyl (C=O) groups excluding carboxylic acids is 3. The lowest BCUT2D eigenvalue weighted by Crippen LogP contribution is -2.44. The van der Waals surface area contributed by atoms with Gasteiger partial charge in [-0.2, -0.15) is 4.90 Å². The van der Waals surface area contributed by atoms with Gasteiger partial charge in [0.1, 0.15) is 28.3 Å². The molecule has 0 radical (unpaired) electrons. The molecule has 0 spiro atoms. The Hall–Kier alpha value is -3.83. The average molecular weight is 499 g/mol. The van der Waals surface area contributed by atoms with E-state index in [2.05, 4.69) is 0 Å². The van der Waals surface area contributed by atoms with Crippen LogP contribution in [0, 0.1) is 23.3 Å². The number of hydrogen-bond acceptors (Lipinski definition) is 6. The lowest BCUT2D eigenvalue weighted by atomic mass is 10.1. The topological polar surface area (TPSA) is 111 Å². The summed E-state index contributed by atoms with van der Waals surface area (Å²) in [4.78, 5) is 37.9. The van der Waals surface area contributed by atoms with Crippen LogP contribution in [0.15, 0.2) is 24.3 Å².